The molecule has 0 unspecified atom stereocenters. The van der Waals surface area contributed by atoms with Crippen molar-refractivity contribution in [3.8, 4) is 0 Å². The fourth-order valence-electron chi connectivity index (χ4n) is 1.91. The van der Waals surface area contributed by atoms with E-state index in [0.717, 1.165) is 4.47 Å². The van der Waals surface area contributed by atoms with Crippen LogP contribution < -0.4 is 16.1 Å². The number of hydrazone groups is 1. The van der Waals surface area contributed by atoms with E-state index in [1.54, 1.807) is 43.3 Å². The van der Waals surface area contributed by atoms with Crippen molar-refractivity contribution in [2.45, 2.75) is 6.92 Å². The predicted octanol–water partition coefficient (Wildman–Crippen LogP) is 2.92. The molecule has 6 nitrogen and oxygen atoms in total. The molecule has 2 aromatic carbocycles. The van der Waals surface area contributed by atoms with E-state index >= 15 is 0 Å². The Morgan fingerprint density at radius 3 is 2.64 bits per heavy atom. The van der Waals surface area contributed by atoms with Crippen molar-refractivity contribution in [3.05, 3.63) is 58.3 Å². The first-order valence-corrected chi connectivity index (χ1v) is 8.23. The molecule has 2 aromatic rings. The molecule has 2 rings (SSSR count). The van der Waals surface area contributed by atoms with Gasteiger partial charge in [-0.25, -0.2) is 9.82 Å². The highest BCUT2D eigenvalue weighted by atomic mass is 79.9. The summed E-state index contributed by atoms with van der Waals surface area (Å²) in [6.07, 6.45) is 1.37. The summed E-state index contributed by atoms with van der Waals surface area (Å²) >= 11 is 3.35. The lowest BCUT2D eigenvalue weighted by Gasteiger charge is -2.10. The maximum absolute atomic E-state index is 13.8. The van der Waals surface area contributed by atoms with Gasteiger partial charge in [0.1, 0.15) is 5.82 Å². The third kappa shape index (κ3) is 5.39. The summed E-state index contributed by atoms with van der Waals surface area (Å²) in [5.74, 6) is -2.02. The standard InChI is InChI=1S/C17H16BrFN4O2/c1-2-20-16(24)17(25)23-21-10-11-9-12(18)7-8-14(11)22-15-6-4-3-5-13(15)19/h3-10,22H,2H2,1H3,(H,20,24)(H,23,25)/b21-10-. The molecular weight excluding hydrogens is 391 g/mol. The van der Waals surface area contributed by atoms with Crippen LogP contribution in [0.3, 0.4) is 0 Å². The first kappa shape index (κ1) is 18.6. The van der Waals surface area contributed by atoms with Gasteiger partial charge in [0.05, 0.1) is 11.9 Å². The van der Waals surface area contributed by atoms with Gasteiger partial charge in [0.25, 0.3) is 0 Å². The van der Waals surface area contributed by atoms with Gasteiger partial charge in [-0.3, -0.25) is 9.59 Å². The van der Waals surface area contributed by atoms with E-state index in [-0.39, 0.29) is 0 Å². The van der Waals surface area contributed by atoms with Crippen molar-refractivity contribution in [3.63, 3.8) is 0 Å². The molecule has 0 atom stereocenters. The fraction of sp³-hybridized carbons (Fsp3) is 0.118. The number of amides is 2. The van der Waals surface area contributed by atoms with Gasteiger partial charge in [-0.2, -0.15) is 5.10 Å². The molecule has 0 aliphatic heterocycles. The molecule has 3 N–H and O–H groups in total. The number of likely N-dealkylation sites (N-methyl/N-ethyl adjacent to an activating group) is 1. The molecule has 0 aliphatic rings. The van der Waals surface area contributed by atoms with Crippen LogP contribution in [0.15, 0.2) is 52.0 Å². The molecule has 0 saturated carbocycles. The Hall–Kier alpha value is -2.74. The van der Waals surface area contributed by atoms with Gasteiger partial charge in [0.15, 0.2) is 0 Å². The normalized spacial score (nSPS) is 10.5. The summed E-state index contributed by atoms with van der Waals surface area (Å²) in [4.78, 5) is 22.8. The second-order valence-electron chi connectivity index (χ2n) is 4.89. The average molecular weight is 407 g/mol. The maximum Gasteiger partial charge on any atom is 0.329 e. The Kier molecular flexibility index (Phi) is 6.64. The van der Waals surface area contributed by atoms with Crippen LogP contribution in [-0.2, 0) is 9.59 Å². The van der Waals surface area contributed by atoms with Crippen molar-refractivity contribution in [2.24, 2.45) is 5.10 Å². The Morgan fingerprint density at radius 1 is 1.16 bits per heavy atom. The van der Waals surface area contributed by atoms with E-state index in [0.29, 0.717) is 23.5 Å². The highest BCUT2D eigenvalue weighted by Gasteiger charge is 2.10. The number of anilines is 2. The van der Waals surface area contributed by atoms with E-state index in [9.17, 15) is 14.0 Å². The lowest BCUT2D eigenvalue weighted by molar-refractivity contribution is -0.139. The molecule has 0 bridgehead atoms. The van der Waals surface area contributed by atoms with E-state index < -0.39 is 17.6 Å². The quantitative estimate of drug-likeness (QED) is 0.405. The van der Waals surface area contributed by atoms with Gasteiger partial charge in [0.2, 0.25) is 0 Å². The summed E-state index contributed by atoms with van der Waals surface area (Å²) < 4.78 is 14.6. The third-order valence-corrected chi connectivity index (χ3v) is 3.56. The Bertz CT molecular complexity index is 811. The molecule has 0 aromatic heterocycles. The molecule has 8 heteroatoms. The zero-order valence-corrected chi connectivity index (χ0v) is 14.9. The Labute approximate surface area is 152 Å². The second-order valence-corrected chi connectivity index (χ2v) is 5.81. The van der Waals surface area contributed by atoms with E-state index in [4.69, 9.17) is 0 Å². The summed E-state index contributed by atoms with van der Waals surface area (Å²) in [5, 5.41) is 9.11. The van der Waals surface area contributed by atoms with E-state index in [2.05, 4.69) is 37.1 Å². The van der Waals surface area contributed by atoms with Gasteiger partial charge in [-0.15, -0.1) is 0 Å². The molecule has 0 radical (unpaired) electrons. The second kappa shape index (κ2) is 8.93. The largest absolute Gasteiger partial charge is 0.353 e. The molecule has 0 heterocycles. The zero-order valence-electron chi connectivity index (χ0n) is 13.3. The third-order valence-electron chi connectivity index (χ3n) is 3.07. The first-order chi connectivity index (χ1) is 12.0. The molecule has 0 fully saturated rings. The van der Waals surface area contributed by atoms with Crippen molar-refractivity contribution in [1.29, 1.82) is 0 Å². The summed E-state index contributed by atoms with van der Waals surface area (Å²) in [6, 6.07) is 11.5. The highest BCUT2D eigenvalue weighted by molar-refractivity contribution is 9.10. The predicted molar refractivity (Wildman–Crippen MR) is 98.2 cm³/mol. The number of hydrogen-bond acceptors (Lipinski definition) is 4. The van der Waals surface area contributed by atoms with Gasteiger partial charge in [-0.1, -0.05) is 28.1 Å². The van der Waals surface area contributed by atoms with Crippen LogP contribution >= 0.6 is 15.9 Å². The lowest BCUT2D eigenvalue weighted by Crippen LogP contribution is -2.37. The topological polar surface area (TPSA) is 82.6 Å². The molecule has 130 valence electrons. The number of para-hydroxylation sites is 1. The molecule has 0 aliphatic carbocycles. The van der Waals surface area contributed by atoms with Crippen LogP contribution in [0.25, 0.3) is 0 Å². The van der Waals surface area contributed by atoms with Crippen LogP contribution in [0.5, 0.6) is 0 Å². The number of nitrogens with zero attached hydrogens (tertiary/aromatic N) is 1. The minimum atomic E-state index is -0.864. The first-order valence-electron chi connectivity index (χ1n) is 7.43. The van der Waals surface area contributed by atoms with Crippen LogP contribution in [-0.4, -0.2) is 24.6 Å². The average Bonchev–Trinajstić information content (AvgIpc) is 2.59. The Balaban J connectivity index is 2.16. The summed E-state index contributed by atoms with van der Waals surface area (Å²) in [5.41, 5.74) is 3.63. The van der Waals surface area contributed by atoms with Crippen LogP contribution in [0.2, 0.25) is 0 Å². The van der Waals surface area contributed by atoms with Gasteiger partial charge in [-0.05, 0) is 37.3 Å². The number of hydrogen-bond donors (Lipinski definition) is 3. The van der Waals surface area contributed by atoms with Crippen molar-refractivity contribution < 1.29 is 14.0 Å². The maximum atomic E-state index is 13.8. The molecule has 25 heavy (non-hydrogen) atoms. The number of rotatable bonds is 5. The van der Waals surface area contributed by atoms with Gasteiger partial charge >= 0.3 is 11.8 Å². The Morgan fingerprint density at radius 2 is 1.92 bits per heavy atom. The number of carbonyl (C=O) groups is 2. The highest BCUT2D eigenvalue weighted by Crippen LogP contribution is 2.24. The lowest BCUT2D eigenvalue weighted by atomic mass is 10.2. The monoisotopic (exact) mass is 406 g/mol. The summed E-state index contributed by atoms with van der Waals surface area (Å²) in [7, 11) is 0. The van der Waals surface area contributed by atoms with Crippen molar-refractivity contribution in [2.75, 3.05) is 11.9 Å². The number of benzene rings is 2. The zero-order chi connectivity index (χ0) is 18.2. The SMILES string of the molecule is CCNC(=O)C(=O)N/N=C\c1cc(Br)ccc1Nc1ccccc1F. The summed E-state index contributed by atoms with van der Waals surface area (Å²) in [6.45, 7) is 2.05. The van der Waals surface area contributed by atoms with Crippen LogP contribution in [0.1, 0.15) is 12.5 Å². The minimum absolute atomic E-state index is 0.311. The van der Waals surface area contributed by atoms with Crippen molar-refractivity contribution in [1.82, 2.24) is 10.7 Å². The van der Waals surface area contributed by atoms with Gasteiger partial charge < -0.3 is 10.6 Å². The molecule has 2 amide bonds. The number of carbonyl (C=O) groups excluding carboxylic acids is 2. The minimum Gasteiger partial charge on any atom is -0.353 e. The molecular formula is C17H16BrFN4O2. The molecule has 0 saturated heterocycles. The van der Waals surface area contributed by atoms with Crippen LogP contribution in [0, 0.1) is 5.82 Å². The van der Waals surface area contributed by atoms with E-state index in [1.807, 2.05) is 0 Å². The van der Waals surface area contributed by atoms with Gasteiger partial charge in [0, 0.05) is 22.3 Å². The van der Waals surface area contributed by atoms with Crippen molar-refractivity contribution >= 4 is 45.3 Å². The fourth-order valence-corrected chi connectivity index (χ4v) is 2.29. The van der Waals surface area contributed by atoms with Crippen LogP contribution in [0.4, 0.5) is 15.8 Å². The van der Waals surface area contributed by atoms with E-state index in [1.165, 1.54) is 12.3 Å². The number of halogens is 2. The number of nitrogens with one attached hydrogen (secondary N) is 3. The smallest absolute Gasteiger partial charge is 0.329 e. The molecule has 0 spiro atoms.